The van der Waals surface area contributed by atoms with Gasteiger partial charge in [0.25, 0.3) is 0 Å². The van der Waals surface area contributed by atoms with Gasteiger partial charge in [-0.2, -0.15) is 0 Å². The Hall–Kier alpha value is -0.970. The fourth-order valence-corrected chi connectivity index (χ4v) is 2.12. The highest BCUT2D eigenvalue weighted by Crippen LogP contribution is 2.35. The summed E-state index contributed by atoms with van der Waals surface area (Å²) < 4.78 is 13.9. The Morgan fingerprint density at radius 1 is 1.11 bits per heavy atom. The van der Waals surface area contributed by atoms with Crippen LogP contribution in [-0.4, -0.2) is 0 Å². The molecule has 0 bridgehead atoms. The fourth-order valence-electron chi connectivity index (χ4n) is 1.42. The van der Waals surface area contributed by atoms with Crippen molar-refractivity contribution in [2.45, 2.75) is 0 Å². The summed E-state index contributed by atoms with van der Waals surface area (Å²) in [6, 6.07) is 7.95. The molecule has 3 N–H and O–H groups in total. The highest BCUT2D eigenvalue weighted by atomic mass is 79.9. The maximum atomic E-state index is 13.2. The van der Waals surface area contributed by atoms with Crippen molar-refractivity contribution in [2.75, 3.05) is 11.1 Å². The number of nitrogens with two attached hydrogens (primary N) is 1. The van der Waals surface area contributed by atoms with Crippen LogP contribution in [0.15, 0.2) is 34.8 Å². The molecular weight excluding hydrogens is 342 g/mol. The van der Waals surface area contributed by atoms with Crippen molar-refractivity contribution in [3.63, 3.8) is 0 Å². The summed E-state index contributed by atoms with van der Waals surface area (Å²) in [6.07, 6.45) is 0. The summed E-state index contributed by atoms with van der Waals surface area (Å²) in [7, 11) is 0. The van der Waals surface area contributed by atoms with Gasteiger partial charge in [-0.05, 0) is 34.1 Å². The Morgan fingerprint density at radius 3 is 2.56 bits per heavy atom. The highest BCUT2D eigenvalue weighted by molar-refractivity contribution is 9.10. The summed E-state index contributed by atoms with van der Waals surface area (Å²) in [6.45, 7) is 0. The average molecular weight is 350 g/mol. The van der Waals surface area contributed by atoms with Crippen LogP contribution in [0.1, 0.15) is 0 Å². The number of halogens is 4. The zero-order valence-electron chi connectivity index (χ0n) is 8.98. The second kappa shape index (κ2) is 5.34. The molecule has 0 spiro atoms. The van der Waals surface area contributed by atoms with Crippen LogP contribution < -0.4 is 11.1 Å². The molecule has 0 amide bonds. The standard InChI is InChI=1S/C12H8BrCl2FN2/c13-12-6(14)2-1-3-10(12)18-11-4-7(15)8(16)5-9(11)17/h1-5,18H,17H2. The molecule has 0 aliphatic carbocycles. The number of nitrogen functional groups attached to an aromatic ring is 1. The first-order chi connectivity index (χ1) is 8.49. The van der Waals surface area contributed by atoms with E-state index < -0.39 is 5.82 Å². The van der Waals surface area contributed by atoms with E-state index >= 15 is 0 Å². The third kappa shape index (κ3) is 2.71. The molecule has 0 atom stereocenters. The van der Waals surface area contributed by atoms with Crippen LogP contribution in [-0.2, 0) is 0 Å². The molecule has 0 saturated carbocycles. The minimum Gasteiger partial charge on any atom is -0.397 e. The Kier molecular flexibility index (Phi) is 4.00. The first-order valence-electron chi connectivity index (χ1n) is 4.94. The van der Waals surface area contributed by atoms with E-state index in [-0.39, 0.29) is 10.7 Å². The van der Waals surface area contributed by atoms with Gasteiger partial charge in [0.05, 0.1) is 31.6 Å². The van der Waals surface area contributed by atoms with Crippen LogP contribution >= 0.6 is 39.1 Å². The van der Waals surface area contributed by atoms with Gasteiger partial charge in [0.1, 0.15) is 5.82 Å². The van der Waals surface area contributed by atoms with E-state index in [1.165, 1.54) is 12.1 Å². The molecule has 2 nitrogen and oxygen atoms in total. The maximum absolute atomic E-state index is 13.2. The summed E-state index contributed by atoms with van der Waals surface area (Å²) in [5, 5.41) is 3.61. The first kappa shape index (κ1) is 13.5. The number of benzene rings is 2. The minimum absolute atomic E-state index is 0.00449. The van der Waals surface area contributed by atoms with Crippen LogP contribution in [0.5, 0.6) is 0 Å². The Balaban J connectivity index is 2.40. The molecule has 0 aliphatic heterocycles. The van der Waals surface area contributed by atoms with E-state index in [1.807, 2.05) is 6.07 Å². The molecular formula is C12H8BrCl2FN2. The molecule has 0 radical (unpaired) electrons. The molecule has 0 aliphatic rings. The maximum Gasteiger partial charge on any atom is 0.143 e. The normalized spacial score (nSPS) is 10.4. The molecule has 0 unspecified atom stereocenters. The van der Waals surface area contributed by atoms with E-state index in [9.17, 15) is 4.39 Å². The van der Waals surface area contributed by atoms with Gasteiger partial charge in [0.15, 0.2) is 0 Å². The molecule has 18 heavy (non-hydrogen) atoms. The zero-order chi connectivity index (χ0) is 13.3. The van der Waals surface area contributed by atoms with Crippen molar-refractivity contribution in [1.82, 2.24) is 0 Å². The van der Waals surface area contributed by atoms with Gasteiger partial charge in [0, 0.05) is 6.07 Å². The number of anilines is 3. The first-order valence-corrected chi connectivity index (χ1v) is 6.49. The zero-order valence-corrected chi connectivity index (χ0v) is 12.1. The highest BCUT2D eigenvalue weighted by Gasteiger charge is 2.09. The molecule has 0 saturated heterocycles. The van der Waals surface area contributed by atoms with E-state index in [0.29, 0.717) is 15.2 Å². The van der Waals surface area contributed by atoms with E-state index in [0.717, 1.165) is 5.69 Å². The lowest BCUT2D eigenvalue weighted by Gasteiger charge is -2.12. The van der Waals surface area contributed by atoms with Gasteiger partial charge in [-0.3, -0.25) is 0 Å². The van der Waals surface area contributed by atoms with Gasteiger partial charge in [-0.15, -0.1) is 0 Å². The van der Waals surface area contributed by atoms with Gasteiger partial charge >= 0.3 is 0 Å². The monoisotopic (exact) mass is 348 g/mol. The van der Waals surface area contributed by atoms with Crippen molar-refractivity contribution < 1.29 is 4.39 Å². The Morgan fingerprint density at radius 2 is 1.83 bits per heavy atom. The predicted octanol–water partition coefficient (Wildman–Crippen LogP) is 5.22. The van der Waals surface area contributed by atoms with Gasteiger partial charge in [-0.1, -0.05) is 29.3 Å². The molecule has 2 aromatic carbocycles. The third-order valence-electron chi connectivity index (χ3n) is 2.31. The van der Waals surface area contributed by atoms with Gasteiger partial charge < -0.3 is 11.1 Å². The summed E-state index contributed by atoms with van der Waals surface area (Å²) in [5.74, 6) is -0.551. The van der Waals surface area contributed by atoms with Crippen LogP contribution in [0, 0.1) is 5.82 Å². The topological polar surface area (TPSA) is 38.0 Å². The molecule has 0 fully saturated rings. The lowest BCUT2D eigenvalue weighted by atomic mass is 10.2. The molecule has 6 heteroatoms. The van der Waals surface area contributed by atoms with Crippen LogP contribution in [0.3, 0.4) is 0 Å². The number of hydrogen-bond donors (Lipinski definition) is 2. The lowest BCUT2D eigenvalue weighted by Crippen LogP contribution is -1.98. The quantitative estimate of drug-likeness (QED) is 0.729. The van der Waals surface area contributed by atoms with E-state index in [2.05, 4.69) is 21.2 Å². The molecule has 0 aromatic heterocycles. The SMILES string of the molecule is Nc1cc(F)c(Cl)cc1Nc1cccc(Cl)c1Br. The third-order valence-corrected chi connectivity index (χ3v) is 4.00. The van der Waals surface area contributed by atoms with E-state index in [4.69, 9.17) is 28.9 Å². The second-order valence-electron chi connectivity index (χ2n) is 3.58. The van der Waals surface area contributed by atoms with E-state index in [1.54, 1.807) is 12.1 Å². The van der Waals surface area contributed by atoms with Crippen molar-refractivity contribution in [3.05, 3.63) is 50.7 Å². The van der Waals surface area contributed by atoms with Gasteiger partial charge in [0.2, 0.25) is 0 Å². The largest absolute Gasteiger partial charge is 0.397 e. The van der Waals surface area contributed by atoms with Crippen molar-refractivity contribution in [1.29, 1.82) is 0 Å². The smallest absolute Gasteiger partial charge is 0.143 e. The predicted molar refractivity (Wildman–Crippen MR) is 78.3 cm³/mol. The number of rotatable bonds is 2. The number of hydrogen-bond acceptors (Lipinski definition) is 2. The minimum atomic E-state index is -0.551. The van der Waals surface area contributed by atoms with Crippen LogP contribution in [0.4, 0.5) is 21.5 Å². The van der Waals surface area contributed by atoms with Gasteiger partial charge in [-0.25, -0.2) is 4.39 Å². The molecule has 94 valence electrons. The number of nitrogens with one attached hydrogen (secondary N) is 1. The average Bonchev–Trinajstić information content (AvgIpc) is 2.32. The molecule has 2 aromatic rings. The van der Waals surface area contributed by atoms with Crippen molar-refractivity contribution in [2.24, 2.45) is 0 Å². The lowest BCUT2D eigenvalue weighted by molar-refractivity contribution is 0.629. The Labute approximate surface area is 122 Å². The fraction of sp³-hybridized carbons (Fsp3) is 0. The van der Waals surface area contributed by atoms with Crippen molar-refractivity contribution >= 4 is 56.2 Å². The Bertz CT molecular complexity index is 605. The summed E-state index contributed by atoms with van der Waals surface area (Å²) in [4.78, 5) is 0. The van der Waals surface area contributed by atoms with Crippen molar-refractivity contribution in [3.8, 4) is 0 Å². The summed E-state index contributed by atoms with van der Waals surface area (Å²) in [5.41, 5.74) is 7.22. The second-order valence-corrected chi connectivity index (χ2v) is 5.19. The molecule has 0 heterocycles. The van der Waals surface area contributed by atoms with Crippen LogP contribution in [0.2, 0.25) is 10.0 Å². The molecule has 2 rings (SSSR count). The van der Waals surface area contributed by atoms with Crippen LogP contribution in [0.25, 0.3) is 0 Å². The summed E-state index contributed by atoms with van der Waals surface area (Å²) >= 11 is 15.0.